The largest absolute Gasteiger partial charge is 0.492 e. The van der Waals surface area contributed by atoms with Crippen molar-refractivity contribution in [3.8, 4) is 5.75 Å². The minimum Gasteiger partial charge on any atom is -0.492 e. The van der Waals surface area contributed by atoms with Crippen LogP contribution in [0, 0.1) is 0 Å². The van der Waals surface area contributed by atoms with Crippen molar-refractivity contribution in [2.75, 3.05) is 37.7 Å². The number of anilines is 1. The summed E-state index contributed by atoms with van der Waals surface area (Å²) in [6.45, 7) is 4.13. The van der Waals surface area contributed by atoms with Crippen molar-refractivity contribution >= 4 is 38.9 Å². The molecule has 0 N–H and O–H groups in total. The standard InChI is InChI=1S/C18H20Cl2N2O3S/c1-2-25-17-7-6-15(20)13-18(17)26(23,24)22-10-8-21(9-11-22)16-5-3-4-14(19)12-16/h3-7,12-13H,2,8-11H2,1H3. The zero-order chi connectivity index (χ0) is 18.7. The van der Waals surface area contributed by atoms with Crippen LogP contribution in [-0.2, 0) is 10.0 Å². The number of halogens is 2. The first kappa shape index (κ1) is 19.3. The van der Waals surface area contributed by atoms with Gasteiger partial charge in [-0.3, -0.25) is 0 Å². The van der Waals surface area contributed by atoms with Crippen molar-refractivity contribution in [2.45, 2.75) is 11.8 Å². The second kappa shape index (κ2) is 8.05. The third kappa shape index (κ3) is 4.09. The maximum Gasteiger partial charge on any atom is 0.246 e. The molecule has 8 heteroatoms. The molecule has 2 aromatic carbocycles. The molecule has 0 atom stereocenters. The third-order valence-corrected chi connectivity index (χ3v) is 6.63. The van der Waals surface area contributed by atoms with Crippen molar-refractivity contribution in [1.82, 2.24) is 4.31 Å². The molecular weight excluding hydrogens is 395 g/mol. The Morgan fingerprint density at radius 3 is 2.35 bits per heavy atom. The summed E-state index contributed by atoms with van der Waals surface area (Å²) in [5.74, 6) is 0.328. The summed E-state index contributed by atoms with van der Waals surface area (Å²) in [6.07, 6.45) is 0. The fraction of sp³-hybridized carbons (Fsp3) is 0.333. The third-order valence-electron chi connectivity index (χ3n) is 4.24. The summed E-state index contributed by atoms with van der Waals surface area (Å²) in [6, 6.07) is 12.2. The predicted molar refractivity (Wildman–Crippen MR) is 105 cm³/mol. The highest BCUT2D eigenvalue weighted by Gasteiger charge is 2.31. The van der Waals surface area contributed by atoms with Gasteiger partial charge < -0.3 is 9.64 Å². The van der Waals surface area contributed by atoms with E-state index in [2.05, 4.69) is 4.90 Å². The van der Waals surface area contributed by atoms with Gasteiger partial charge in [-0.15, -0.1) is 0 Å². The molecule has 1 aliphatic rings. The first-order valence-electron chi connectivity index (χ1n) is 8.35. The van der Waals surface area contributed by atoms with Crippen LogP contribution in [0.1, 0.15) is 6.92 Å². The van der Waals surface area contributed by atoms with Crippen molar-refractivity contribution in [3.05, 3.63) is 52.5 Å². The van der Waals surface area contributed by atoms with Crippen molar-refractivity contribution in [1.29, 1.82) is 0 Å². The van der Waals surface area contributed by atoms with Crippen molar-refractivity contribution in [3.63, 3.8) is 0 Å². The smallest absolute Gasteiger partial charge is 0.246 e. The van der Waals surface area contributed by atoms with Crippen LogP contribution >= 0.6 is 23.2 Å². The highest BCUT2D eigenvalue weighted by molar-refractivity contribution is 7.89. The Morgan fingerprint density at radius 2 is 1.69 bits per heavy atom. The van der Waals surface area contributed by atoms with Crippen LogP contribution in [0.15, 0.2) is 47.4 Å². The van der Waals surface area contributed by atoms with Gasteiger partial charge in [0.25, 0.3) is 0 Å². The minimum atomic E-state index is -3.68. The summed E-state index contributed by atoms with van der Waals surface area (Å²) in [4.78, 5) is 2.24. The number of rotatable bonds is 5. The second-order valence-corrected chi connectivity index (χ2v) is 8.67. The van der Waals surface area contributed by atoms with E-state index in [-0.39, 0.29) is 4.90 Å². The molecule has 0 aromatic heterocycles. The van der Waals surface area contributed by atoms with E-state index in [4.69, 9.17) is 27.9 Å². The molecule has 0 amide bonds. The van der Waals surface area contributed by atoms with Crippen LogP contribution in [0.25, 0.3) is 0 Å². The Bertz CT molecular complexity index is 882. The molecule has 26 heavy (non-hydrogen) atoms. The lowest BCUT2D eigenvalue weighted by Gasteiger charge is -2.35. The van der Waals surface area contributed by atoms with Crippen LogP contribution in [0.4, 0.5) is 5.69 Å². The maximum absolute atomic E-state index is 13.1. The lowest BCUT2D eigenvalue weighted by Crippen LogP contribution is -2.48. The molecule has 0 unspecified atom stereocenters. The minimum absolute atomic E-state index is 0.114. The molecule has 0 saturated carbocycles. The Kier molecular flexibility index (Phi) is 5.97. The van der Waals surface area contributed by atoms with E-state index in [0.29, 0.717) is 48.6 Å². The van der Waals surface area contributed by atoms with Gasteiger partial charge in [0.2, 0.25) is 10.0 Å². The van der Waals surface area contributed by atoms with Crippen molar-refractivity contribution in [2.24, 2.45) is 0 Å². The molecule has 2 aromatic rings. The van der Waals surface area contributed by atoms with Crippen LogP contribution < -0.4 is 9.64 Å². The average Bonchev–Trinajstić information content (AvgIpc) is 2.63. The molecule has 1 fully saturated rings. The molecule has 0 radical (unpaired) electrons. The van der Waals surface area contributed by atoms with Gasteiger partial charge in [-0.2, -0.15) is 4.31 Å². The quantitative estimate of drug-likeness (QED) is 0.743. The predicted octanol–water partition coefficient (Wildman–Crippen LogP) is 3.90. The highest BCUT2D eigenvalue weighted by atomic mass is 35.5. The molecule has 5 nitrogen and oxygen atoms in total. The van der Waals surface area contributed by atoms with Gasteiger partial charge in [0.15, 0.2) is 0 Å². The fourth-order valence-electron chi connectivity index (χ4n) is 2.96. The molecule has 3 rings (SSSR count). The number of hydrogen-bond acceptors (Lipinski definition) is 4. The average molecular weight is 415 g/mol. The number of hydrogen-bond donors (Lipinski definition) is 0. The Hall–Kier alpha value is -1.47. The van der Waals surface area contributed by atoms with E-state index in [9.17, 15) is 8.42 Å². The van der Waals surface area contributed by atoms with E-state index in [0.717, 1.165) is 5.69 Å². The number of ether oxygens (including phenoxy) is 1. The molecule has 0 spiro atoms. The SMILES string of the molecule is CCOc1ccc(Cl)cc1S(=O)(=O)N1CCN(c2cccc(Cl)c2)CC1. The molecule has 1 heterocycles. The number of benzene rings is 2. The van der Waals surface area contributed by atoms with E-state index < -0.39 is 10.0 Å². The summed E-state index contributed by atoms with van der Waals surface area (Å²) in [5.41, 5.74) is 0.993. The highest BCUT2D eigenvalue weighted by Crippen LogP contribution is 2.31. The number of sulfonamides is 1. The first-order valence-corrected chi connectivity index (χ1v) is 10.5. The molecular formula is C18H20Cl2N2O3S. The molecule has 140 valence electrons. The zero-order valence-corrected chi connectivity index (χ0v) is 16.7. The zero-order valence-electron chi connectivity index (χ0n) is 14.4. The number of nitrogens with zero attached hydrogens (tertiary/aromatic N) is 2. The number of piperazine rings is 1. The van der Waals surface area contributed by atoms with E-state index >= 15 is 0 Å². The maximum atomic E-state index is 13.1. The van der Waals surface area contributed by atoms with Gasteiger partial charge >= 0.3 is 0 Å². The monoisotopic (exact) mass is 414 g/mol. The topological polar surface area (TPSA) is 49.9 Å². The van der Waals surface area contributed by atoms with Crippen molar-refractivity contribution < 1.29 is 13.2 Å². The van der Waals surface area contributed by atoms with Crippen LogP contribution in [0.2, 0.25) is 10.0 Å². The fourth-order valence-corrected chi connectivity index (χ4v) is 4.96. The van der Waals surface area contributed by atoms with E-state index in [1.807, 2.05) is 31.2 Å². The van der Waals surface area contributed by atoms with Gasteiger partial charge in [-0.1, -0.05) is 29.3 Å². The van der Waals surface area contributed by atoms with Gasteiger partial charge in [0.05, 0.1) is 6.61 Å². The van der Waals surface area contributed by atoms with Crippen LogP contribution in [0.3, 0.4) is 0 Å². The van der Waals surface area contributed by atoms with Gasteiger partial charge in [0, 0.05) is 41.9 Å². The lowest BCUT2D eigenvalue weighted by atomic mass is 10.2. The van der Waals surface area contributed by atoms with Crippen LogP contribution in [0.5, 0.6) is 5.75 Å². The van der Waals surface area contributed by atoms with E-state index in [1.165, 1.54) is 10.4 Å². The lowest BCUT2D eigenvalue weighted by molar-refractivity contribution is 0.327. The summed E-state index contributed by atoms with van der Waals surface area (Å²) in [7, 11) is -3.68. The summed E-state index contributed by atoms with van der Waals surface area (Å²) < 4.78 is 33.1. The molecule has 1 saturated heterocycles. The molecule has 0 aliphatic carbocycles. The molecule has 1 aliphatic heterocycles. The first-order chi connectivity index (χ1) is 12.4. The Balaban J connectivity index is 1.79. The normalized spacial score (nSPS) is 15.9. The Morgan fingerprint density at radius 1 is 1.00 bits per heavy atom. The van der Waals surface area contributed by atoms with Gasteiger partial charge in [-0.25, -0.2) is 8.42 Å². The van der Waals surface area contributed by atoms with Gasteiger partial charge in [-0.05, 0) is 43.3 Å². The van der Waals surface area contributed by atoms with Crippen LogP contribution in [-0.4, -0.2) is 45.5 Å². The Labute approximate surface area is 164 Å². The summed E-state index contributed by atoms with van der Waals surface area (Å²) in [5, 5.41) is 1.03. The summed E-state index contributed by atoms with van der Waals surface area (Å²) >= 11 is 12.1. The van der Waals surface area contributed by atoms with Gasteiger partial charge in [0.1, 0.15) is 10.6 Å². The molecule has 0 bridgehead atoms. The van der Waals surface area contributed by atoms with E-state index in [1.54, 1.807) is 12.1 Å². The second-order valence-electron chi connectivity index (χ2n) is 5.90.